The number of anilines is 1. The van der Waals surface area contributed by atoms with E-state index in [4.69, 9.17) is 4.74 Å². The van der Waals surface area contributed by atoms with Crippen LogP contribution < -0.4 is 4.90 Å². The summed E-state index contributed by atoms with van der Waals surface area (Å²) in [6.07, 6.45) is 1.77. The predicted octanol–water partition coefficient (Wildman–Crippen LogP) is 1.78. The van der Waals surface area contributed by atoms with Gasteiger partial charge in [0.1, 0.15) is 5.82 Å². The molecule has 1 fully saturated rings. The number of rotatable bonds is 2. The third-order valence-corrected chi connectivity index (χ3v) is 3.72. The highest BCUT2D eigenvalue weighted by Gasteiger charge is 2.37. The van der Waals surface area contributed by atoms with Crippen LogP contribution in [0.5, 0.6) is 0 Å². The molecule has 100 valence electrons. The van der Waals surface area contributed by atoms with Crippen LogP contribution in [0.15, 0.2) is 18.2 Å². The quantitative estimate of drug-likeness (QED) is 0.764. The van der Waals surface area contributed by atoms with Crippen molar-refractivity contribution in [2.45, 2.75) is 12.8 Å². The van der Waals surface area contributed by atoms with Gasteiger partial charge >= 0.3 is 0 Å². The van der Waals surface area contributed by atoms with Gasteiger partial charge in [0.2, 0.25) is 0 Å². The minimum atomic E-state index is -0.610. The zero-order valence-electron chi connectivity index (χ0n) is 10.4. The normalized spacial score (nSPS) is 19.9. The number of benzene rings is 1. The fourth-order valence-corrected chi connectivity index (χ4v) is 2.64. The lowest BCUT2D eigenvalue weighted by molar-refractivity contribution is -0.114. The molecule has 1 amide bonds. The number of Topliss-reactive ketones (excluding diaryl/α,β-unsaturated/α-hetero) is 1. The zero-order valence-corrected chi connectivity index (χ0v) is 10.4. The van der Waals surface area contributed by atoms with Gasteiger partial charge in [-0.3, -0.25) is 9.59 Å². The van der Waals surface area contributed by atoms with Crippen molar-refractivity contribution in [3.63, 3.8) is 0 Å². The van der Waals surface area contributed by atoms with Crippen molar-refractivity contribution in [2.24, 2.45) is 5.92 Å². The number of hydrogen-bond acceptors (Lipinski definition) is 3. The second-order valence-corrected chi connectivity index (χ2v) is 4.96. The van der Waals surface area contributed by atoms with Gasteiger partial charge < -0.3 is 9.64 Å². The van der Waals surface area contributed by atoms with E-state index in [1.165, 1.54) is 17.0 Å². The van der Waals surface area contributed by atoms with E-state index in [-0.39, 0.29) is 5.56 Å². The van der Waals surface area contributed by atoms with Crippen LogP contribution in [0.4, 0.5) is 10.1 Å². The maximum absolute atomic E-state index is 13.1. The summed E-state index contributed by atoms with van der Waals surface area (Å²) in [5.41, 5.74) is 0.708. The molecule has 2 aliphatic rings. The number of ether oxygens (including phenoxy) is 1. The van der Waals surface area contributed by atoms with Crippen molar-refractivity contribution in [1.82, 2.24) is 0 Å². The van der Waals surface area contributed by atoms with Crippen molar-refractivity contribution in [2.75, 3.05) is 24.7 Å². The van der Waals surface area contributed by atoms with Gasteiger partial charge in [-0.1, -0.05) is 0 Å². The van der Waals surface area contributed by atoms with E-state index in [1.54, 1.807) is 0 Å². The highest BCUT2D eigenvalue weighted by atomic mass is 19.1. The Morgan fingerprint density at radius 1 is 1.26 bits per heavy atom. The molecule has 0 saturated carbocycles. The molecule has 0 spiro atoms. The summed E-state index contributed by atoms with van der Waals surface area (Å²) in [5, 5.41) is 0. The van der Waals surface area contributed by atoms with Gasteiger partial charge in [-0.2, -0.15) is 0 Å². The van der Waals surface area contributed by atoms with Crippen molar-refractivity contribution < 1.29 is 18.7 Å². The Morgan fingerprint density at radius 3 is 2.74 bits per heavy atom. The topological polar surface area (TPSA) is 46.6 Å². The van der Waals surface area contributed by atoms with Crippen LogP contribution in [0.3, 0.4) is 0 Å². The Morgan fingerprint density at radius 2 is 2.00 bits per heavy atom. The Bertz CT molecular complexity index is 537. The van der Waals surface area contributed by atoms with E-state index < -0.39 is 17.5 Å². The van der Waals surface area contributed by atoms with E-state index in [0.29, 0.717) is 31.4 Å². The predicted molar refractivity (Wildman–Crippen MR) is 66.6 cm³/mol. The molecule has 0 bridgehead atoms. The SMILES string of the molecule is O=C1C(=O)N(CC2CCOCC2)c2ccc(F)cc21. The molecule has 0 aliphatic carbocycles. The van der Waals surface area contributed by atoms with Crippen LogP contribution in [0.1, 0.15) is 23.2 Å². The first kappa shape index (κ1) is 12.3. The fraction of sp³-hybridized carbons (Fsp3) is 0.429. The zero-order chi connectivity index (χ0) is 13.4. The molecule has 0 N–H and O–H groups in total. The lowest BCUT2D eigenvalue weighted by atomic mass is 10.00. The fourth-order valence-electron chi connectivity index (χ4n) is 2.64. The standard InChI is InChI=1S/C14H14FNO3/c15-10-1-2-12-11(7-10)13(17)14(18)16(12)8-9-3-5-19-6-4-9/h1-2,7,9H,3-6,8H2. The lowest BCUT2D eigenvalue weighted by Gasteiger charge is -2.26. The number of amides is 1. The number of carbonyl (C=O) groups is 2. The molecular weight excluding hydrogens is 249 g/mol. The van der Waals surface area contributed by atoms with Crippen LogP contribution in [-0.4, -0.2) is 31.4 Å². The maximum Gasteiger partial charge on any atom is 0.299 e. The number of hydrogen-bond donors (Lipinski definition) is 0. The summed E-state index contributed by atoms with van der Waals surface area (Å²) < 4.78 is 18.4. The molecule has 4 nitrogen and oxygen atoms in total. The third-order valence-electron chi connectivity index (χ3n) is 3.72. The number of halogens is 1. The summed E-state index contributed by atoms with van der Waals surface area (Å²) in [6, 6.07) is 3.92. The van der Waals surface area contributed by atoms with E-state index in [1.807, 2.05) is 0 Å². The molecule has 2 aliphatic heterocycles. The van der Waals surface area contributed by atoms with Gasteiger partial charge in [0.25, 0.3) is 11.7 Å². The van der Waals surface area contributed by atoms with Crippen molar-refractivity contribution in [3.8, 4) is 0 Å². The van der Waals surface area contributed by atoms with Gasteiger partial charge in [0, 0.05) is 19.8 Å². The molecule has 0 unspecified atom stereocenters. The molecule has 1 aromatic carbocycles. The Labute approximate surface area is 110 Å². The lowest BCUT2D eigenvalue weighted by Crippen LogP contribution is -2.36. The number of carbonyl (C=O) groups excluding carboxylic acids is 2. The van der Waals surface area contributed by atoms with Crippen molar-refractivity contribution >= 4 is 17.4 Å². The van der Waals surface area contributed by atoms with Crippen LogP contribution in [0, 0.1) is 11.7 Å². The van der Waals surface area contributed by atoms with Crippen LogP contribution >= 0.6 is 0 Å². The molecule has 19 heavy (non-hydrogen) atoms. The molecule has 0 aromatic heterocycles. The molecule has 1 aromatic rings. The molecule has 0 atom stereocenters. The Kier molecular flexibility index (Phi) is 3.06. The monoisotopic (exact) mass is 263 g/mol. The van der Waals surface area contributed by atoms with E-state index in [9.17, 15) is 14.0 Å². The highest BCUT2D eigenvalue weighted by Crippen LogP contribution is 2.31. The molecular formula is C14H14FNO3. The van der Waals surface area contributed by atoms with Gasteiger partial charge in [-0.15, -0.1) is 0 Å². The minimum Gasteiger partial charge on any atom is -0.381 e. The van der Waals surface area contributed by atoms with Gasteiger partial charge in [0.15, 0.2) is 0 Å². The first-order valence-corrected chi connectivity index (χ1v) is 6.40. The van der Waals surface area contributed by atoms with Crippen LogP contribution in [-0.2, 0) is 9.53 Å². The average molecular weight is 263 g/mol. The summed E-state index contributed by atoms with van der Waals surface area (Å²) >= 11 is 0. The summed E-state index contributed by atoms with van der Waals surface area (Å²) in [6.45, 7) is 1.89. The third kappa shape index (κ3) is 2.14. The second kappa shape index (κ2) is 4.74. The van der Waals surface area contributed by atoms with E-state index >= 15 is 0 Å². The maximum atomic E-state index is 13.1. The summed E-state index contributed by atoms with van der Waals surface area (Å²) in [7, 11) is 0. The van der Waals surface area contributed by atoms with Gasteiger partial charge in [0.05, 0.1) is 11.3 Å². The van der Waals surface area contributed by atoms with E-state index in [2.05, 4.69) is 0 Å². The molecule has 3 rings (SSSR count). The van der Waals surface area contributed by atoms with Gasteiger partial charge in [-0.25, -0.2) is 4.39 Å². The Hall–Kier alpha value is -1.75. The number of ketones is 1. The summed E-state index contributed by atoms with van der Waals surface area (Å²) in [5.74, 6) is -1.32. The average Bonchev–Trinajstić information content (AvgIpc) is 2.65. The molecule has 0 radical (unpaired) electrons. The molecule has 5 heteroatoms. The van der Waals surface area contributed by atoms with E-state index in [0.717, 1.165) is 18.9 Å². The van der Waals surface area contributed by atoms with Gasteiger partial charge in [-0.05, 0) is 37.0 Å². The number of fused-ring (bicyclic) bond motifs is 1. The second-order valence-electron chi connectivity index (χ2n) is 4.96. The minimum absolute atomic E-state index is 0.178. The molecule has 2 heterocycles. The highest BCUT2D eigenvalue weighted by molar-refractivity contribution is 6.52. The van der Waals surface area contributed by atoms with Crippen molar-refractivity contribution in [1.29, 1.82) is 0 Å². The van der Waals surface area contributed by atoms with Crippen LogP contribution in [0.2, 0.25) is 0 Å². The van der Waals surface area contributed by atoms with Crippen molar-refractivity contribution in [3.05, 3.63) is 29.6 Å². The smallest absolute Gasteiger partial charge is 0.299 e. The first-order valence-electron chi connectivity index (χ1n) is 6.40. The number of nitrogens with zero attached hydrogens (tertiary/aromatic N) is 1. The first-order chi connectivity index (χ1) is 9.16. The largest absolute Gasteiger partial charge is 0.381 e. The summed E-state index contributed by atoms with van der Waals surface area (Å²) in [4.78, 5) is 25.3. The Balaban J connectivity index is 1.86. The van der Waals surface area contributed by atoms with Crippen LogP contribution in [0.25, 0.3) is 0 Å². The molecule has 1 saturated heterocycles.